The van der Waals surface area contributed by atoms with Gasteiger partial charge < -0.3 is 4.74 Å². The van der Waals surface area contributed by atoms with Crippen molar-refractivity contribution in [2.45, 2.75) is 6.61 Å². The van der Waals surface area contributed by atoms with Gasteiger partial charge in [-0.2, -0.15) is 30.3 Å². The summed E-state index contributed by atoms with van der Waals surface area (Å²) in [6.07, 6.45) is 0. The van der Waals surface area contributed by atoms with Gasteiger partial charge in [-0.25, -0.2) is 4.39 Å². The monoisotopic (exact) mass is 378 g/mol. The molecule has 0 fully saturated rings. The van der Waals surface area contributed by atoms with Crippen molar-refractivity contribution in [3.8, 4) is 5.75 Å². The summed E-state index contributed by atoms with van der Waals surface area (Å²) in [5.74, 6) is -0.371. The molecule has 5 heteroatoms. The molecule has 0 aliphatic rings. The molecule has 0 saturated carbocycles. The molecule has 2 rings (SSSR count). The molecule has 0 radical (unpaired) electrons. The second-order valence-corrected chi connectivity index (χ2v) is 3.64. The van der Waals surface area contributed by atoms with Crippen LogP contribution in [0.15, 0.2) is 42.5 Å². The Morgan fingerprint density at radius 1 is 1.22 bits per heavy atom. The minimum absolute atomic E-state index is 0.0644. The first-order chi connectivity index (χ1) is 8.77. The Hall–Kier alpha value is -0.437. The second kappa shape index (κ2) is 8.63. The first kappa shape index (κ1) is 15.6. The van der Waals surface area contributed by atoms with Crippen LogP contribution in [0.1, 0.15) is 5.56 Å². The molecule has 0 saturated heterocycles. The average molecular weight is 381 g/mol. The summed E-state index contributed by atoms with van der Waals surface area (Å²) in [6.45, 7) is 0.276. The molecule has 1 nitrogen and oxygen atoms in total. The van der Waals surface area contributed by atoms with Gasteiger partial charge in [0.05, 0.1) is 11.6 Å². The second-order valence-electron chi connectivity index (χ2n) is 3.23. The molecule has 0 atom stereocenters. The zero-order chi connectivity index (χ0) is 13.4. The summed E-state index contributed by atoms with van der Waals surface area (Å²) in [5, 5.41) is 0.0644. The van der Waals surface area contributed by atoms with Crippen LogP contribution in [0.4, 0.5) is 4.39 Å². The van der Waals surface area contributed by atoms with E-state index in [1.54, 1.807) is 18.2 Å². The van der Waals surface area contributed by atoms with Crippen molar-refractivity contribution in [3.63, 3.8) is 0 Å². The summed E-state index contributed by atoms with van der Waals surface area (Å²) in [6, 6.07) is 15.1. The van der Waals surface area contributed by atoms with Gasteiger partial charge in [0.25, 0.3) is 0 Å². The third kappa shape index (κ3) is 4.68. The topological polar surface area (TPSA) is 9.23 Å². The third-order valence-corrected chi connectivity index (χ3v) is 2.36. The Morgan fingerprint density at radius 2 is 2.00 bits per heavy atom. The maximum absolute atomic E-state index is 13.4. The van der Waals surface area contributed by atoms with E-state index >= 15 is 0 Å². The van der Waals surface area contributed by atoms with E-state index < -0.39 is 5.82 Å². The summed E-state index contributed by atoms with van der Waals surface area (Å²) in [7, 11) is 0. The van der Waals surface area contributed by atoms with Crippen LogP contribution >= 0.6 is 25.2 Å². The van der Waals surface area contributed by atoms with E-state index in [2.05, 4.69) is 19.7 Å². The average Bonchev–Trinajstić information content (AvgIpc) is 2.44. The molecule has 2 aromatic carbocycles. The zero-order valence-electron chi connectivity index (χ0n) is 9.50. The minimum atomic E-state index is -0.528. The molecule has 0 bridgehead atoms. The molecule has 0 spiro atoms. The number of hydrogen-bond acceptors (Lipinski definition) is 1. The van der Waals surface area contributed by atoms with Gasteiger partial charge in [0.15, 0.2) is 11.6 Å². The summed E-state index contributed by atoms with van der Waals surface area (Å²) in [4.78, 5) is 0. The molecule has 0 aliphatic carbocycles. The molecule has 0 unspecified atom stereocenters. The normalized spacial score (nSPS) is 9.39. The quantitative estimate of drug-likeness (QED) is 0.554. The van der Waals surface area contributed by atoms with Crippen molar-refractivity contribution >= 4 is 25.2 Å². The summed E-state index contributed by atoms with van der Waals surface area (Å²) < 4.78 is 18.8. The number of halogens is 3. The molecule has 0 N–H and O–H groups in total. The van der Waals surface area contributed by atoms with Crippen LogP contribution in [0.5, 0.6) is 5.75 Å². The van der Waals surface area contributed by atoms with Gasteiger partial charge in [-0.3, -0.25) is 0 Å². The molecule has 90 valence electrons. The van der Waals surface area contributed by atoms with Crippen LogP contribution in [0.2, 0.25) is 5.02 Å². The third-order valence-electron chi connectivity index (χ3n) is 2.07. The molecule has 0 aliphatic heterocycles. The van der Waals surface area contributed by atoms with Crippen molar-refractivity contribution in [2.24, 2.45) is 0 Å². The fraction of sp³-hybridized carbons (Fsp3) is 0.0769. The van der Waals surface area contributed by atoms with E-state index in [4.69, 9.17) is 16.3 Å². The molecule has 0 aromatic heterocycles. The van der Waals surface area contributed by atoms with E-state index in [-0.39, 0.29) is 17.4 Å². The van der Waals surface area contributed by atoms with Crippen molar-refractivity contribution in [3.05, 3.63) is 64.9 Å². The van der Waals surface area contributed by atoms with Gasteiger partial charge in [0.2, 0.25) is 0 Å². The summed E-state index contributed by atoms with van der Waals surface area (Å²) in [5.41, 5.74) is 0.863. The molecule has 2 aromatic rings. The van der Waals surface area contributed by atoms with Crippen LogP contribution in [0.25, 0.3) is 0 Å². The Kier molecular flexibility index (Phi) is 7.49. The van der Waals surface area contributed by atoms with Gasteiger partial charge >= 0.3 is 30.0 Å². The fourth-order valence-electron chi connectivity index (χ4n) is 1.27. The van der Waals surface area contributed by atoms with Crippen molar-refractivity contribution in [2.75, 3.05) is 0 Å². The Labute approximate surface area is 127 Å². The Morgan fingerprint density at radius 3 is 2.67 bits per heavy atom. The van der Waals surface area contributed by atoms with Crippen molar-refractivity contribution in [1.82, 2.24) is 0 Å². The first-order valence-electron chi connectivity index (χ1n) is 5.06. The standard InChI is InChI=1S/C13H9ClFO.BrH.Zn/c14-11-7-4-8-12(13(11)15)16-9-10-5-2-1-3-6-10;;/h1-5,7-8H,9H2;1H;/q-1;;+2/p-1. The molecule has 0 heterocycles. The summed E-state index contributed by atoms with van der Waals surface area (Å²) >= 11 is 9.88. The predicted octanol–water partition coefficient (Wildman–Crippen LogP) is 4.70. The number of ether oxygens (including phenoxy) is 1. The number of hydrogen-bond donors (Lipinski definition) is 0. The SMILES string of the molecule is Fc1c(Cl)cccc1OCc1[c-]cccc1.[Zn+][Br]. The van der Waals surface area contributed by atoms with E-state index in [0.717, 1.165) is 5.56 Å². The van der Waals surface area contributed by atoms with E-state index in [1.165, 1.54) is 22.4 Å². The van der Waals surface area contributed by atoms with Crippen LogP contribution in [-0.4, -0.2) is 0 Å². The van der Waals surface area contributed by atoms with Crippen LogP contribution in [0.3, 0.4) is 0 Å². The van der Waals surface area contributed by atoms with Crippen molar-refractivity contribution in [1.29, 1.82) is 0 Å². The number of rotatable bonds is 3. The molecule has 18 heavy (non-hydrogen) atoms. The van der Waals surface area contributed by atoms with Crippen LogP contribution in [0, 0.1) is 11.9 Å². The number of benzene rings is 2. The predicted molar refractivity (Wildman–Crippen MR) is 69.9 cm³/mol. The van der Waals surface area contributed by atoms with E-state index in [9.17, 15) is 4.39 Å². The first-order valence-corrected chi connectivity index (χ1v) is 12.4. The maximum atomic E-state index is 13.4. The van der Waals surface area contributed by atoms with Crippen LogP contribution in [-0.2, 0) is 22.9 Å². The Bertz CT molecular complexity index is 482. The molecule has 0 amide bonds. The molecular weight excluding hydrogens is 372 g/mol. The van der Waals surface area contributed by atoms with E-state index in [0.29, 0.717) is 0 Å². The van der Waals surface area contributed by atoms with Gasteiger partial charge in [0.1, 0.15) is 0 Å². The van der Waals surface area contributed by atoms with Crippen LogP contribution < -0.4 is 4.74 Å². The van der Waals surface area contributed by atoms with Gasteiger partial charge in [-0.15, -0.1) is 5.56 Å². The van der Waals surface area contributed by atoms with Gasteiger partial charge in [0, 0.05) is 0 Å². The fourth-order valence-corrected chi connectivity index (χ4v) is 1.44. The van der Waals surface area contributed by atoms with Crippen molar-refractivity contribution < 1.29 is 25.5 Å². The van der Waals surface area contributed by atoms with Gasteiger partial charge in [-0.05, 0) is 12.1 Å². The van der Waals surface area contributed by atoms with E-state index in [1.807, 2.05) is 18.2 Å². The zero-order valence-corrected chi connectivity index (χ0v) is 14.8. The van der Waals surface area contributed by atoms with Gasteiger partial charge in [-0.1, -0.05) is 17.7 Å². The Balaban J connectivity index is 0.000000771. The molecular formula is C13H9BrClFOZn.